The maximum Gasteiger partial charge on any atom is 0.138 e. The largest absolute Gasteiger partial charge is 0.300 e. The minimum Gasteiger partial charge on any atom is -0.300 e. The number of aromatic nitrogens is 1. The van der Waals surface area contributed by atoms with Crippen molar-refractivity contribution in [2.45, 2.75) is 6.04 Å². The molecule has 0 bridgehead atoms. The molecule has 0 aliphatic carbocycles. The predicted octanol–water partition coefficient (Wildman–Crippen LogP) is 0.866. The first-order valence-electron chi connectivity index (χ1n) is 3.36. The van der Waals surface area contributed by atoms with Gasteiger partial charge in [0.25, 0.3) is 0 Å². The Balaban J connectivity index is 2.85. The SMILES string of the molecule is CNC(C#N)c1ccccn1. The number of hydrogen-bond acceptors (Lipinski definition) is 3. The van der Waals surface area contributed by atoms with Crippen LogP contribution in [0.1, 0.15) is 11.7 Å². The van der Waals surface area contributed by atoms with Crippen molar-refractivity contribution >= 4 is 0 Å². The van der Waals surface area contributed by atoms with Gasteiger partial charge in [-0.3, -0.25) is 10.3 Å². The van der Waals surface area contributed by atoms with Crippen LogP contribution in [0, 0.1) is 11.3 Å². The molecule has 0 aliphatic rings. The number of pyridine rings is 1. The average molecular weight is 147 g/mol. The van der Waals surface area contributed by atoms with Gasteiger partial charge in [0.15, 0.2) is 0 Å². The highest BCUT2D eigenvalue weighted by molar-refractivity contribution is 5.14. The van der Waals surface area contributed by atoms with Gasteiger partial charge in [-0.2, -0.15) is 5.26 Å². The van der Waals surface area contributed by atoms with Crippen molar-refractivity contribution in [3.05, 3.63) is 30.1 Å². The molecule has 0 amide bonds. The highest BCUT2D eigenvalue weighted by Crippen LogP contribution is 2.05. The molecule has 1 rings (SSSR count). The lowest BCUT2D eigenvalue weighted by atomic mass is 10.2. The molecule has 0 spiro atoms. The molecule has 1 unspecified atom stereocenters. The molecule has 0 radical (unpaired) electrons. The van der Waals surface area contributed by atoms with E-state index < -0.39 is 0 Å². The van der Waals surface area contributed by atoms with Gasteiger partial charge in [-0.25, -0.2) is 0 Å². The van der Waals surface area contributed by atoms with Gasteiger partial charge >= 0.3 is 0 Å². The maximum absolute atomic E-state index is 8.63. The first-order valence-corrected chi connectivity index (χ1v) is 3.36. The molecule has 1 N–H and O–H groups in total. The van der Waals surface area contributed by atoms with Gasteiger partial charge in [0.1, 0.15) is 6.04 Å². The monoisotopic (exact) mass is 147 g/mol. The van der Waals surface area contributed by atoms with Crippen LogP contribution in [0.4, 0.5) is 0 Å². The molecular formula is C8H9N3. The number of nitrogens with zero attached hydrogens (tertiary/aromatic N) is 2. The highest BCUT2D eigenvalue weighted by atomic mass is 14.9. The lowest BCUT2D eigenvalue weighted by Gasteiger charge is -2.04. The van der Waals surface area contributed by atoms with E-state index in [1.165, 1.54) is 0 Å². The first-order chi connectivity index (χ1) is 5.38. The number of rotatable bonds is 2. The van der Waals surface area contributed by atoms with Crippen molar-refractivity contribution in [2.24, 2.45) is 0 Å². The van der Waals surface area contributed by atoms with Crippen molar-refractivity contribution in [3.63, 3.8) is 0 Å². The Bertz CT molecular complexity index is 250. The van der Waals surface area contributed by atoms with Crippen LogP contribution < -0.4 is 5.32 Å². The molecular weight excluding hydrogens is 138 g/mol. The number of nitriles is 1. The fourth-order valence-corrected chi connectivity index (χ4v) is 0.825. The summed E-state index contributed by atoms with van der Waals surface area (Å²) in [5.74, 6) is 0. The van der Waals surface area contributed by atoms with E-state index in [9.17, 15) is 0 Å². The van der Waals surface area contributed by atoms with E-state index in [-0.39, 0.29) is 6.04 Å². The van der Waals surface area contributed by atoms with E-state index in [4.69, 9.17) is 5.26 Å². The van der Waals surface area contributed by atoms with E-state index in [1.54, 1.807) is 13.2 Å². The predicted molar refractivity (Wildman–Crippen MR) is 41.7 cm³/mol. The Kier molecular flexibility index (Phi) is 2.59. The van der Waals surface area contributed by atoms with Crippen LogP contribution in [0.5, 0.6) is 0 Å². The third-order valence-corrected chi connectivity index (χ3v) is 1.40. The van der Waals surface area contributed by atoms with E-state index >= 15 is 0 Å². The lowest BCUT2D eigenvalue weighted by Crippen LogP contribution is -2.15. The van der Waals surface area contributed by atoms with Gasteiger partial charge in [0.2, 0.25) is 0 Å². The van der Waals surface area contributed by atoms with Gasteiger partial charge in [-0.05, 0) is 19.2 Å². The van der Waals surface area contributed by atoms with E-state index in [2.05, 4.69) is 16.4 Å². The second-order valence-electron chi connectivity index (χ2n) is 2.11. The molecule has 3 heteroatoms. The van der Waals surface area contributed by atoms with Crippen LogP contribution in [-0.2, 0) is 0 Å². The average Bonchev–Trinajstić information content (AvgIpc) is 2.09. The Morgan fingerprint density at radius 2 is 2.45 bits per heavy atom. The Labute approximate surface area is 65.7 Å². The summed E-state index contributed by atoms with van der Waals surface area (Å²) in [6.07, 6.45) is 1.68. The molecule has 1 atom stereocenters. The Morgan fingerprint density at radius 3 is 2.91 bits per heavy atom. The smallest absolute Gasteiger partial charge is 0.138 e. The third kappa shape index (κ3) is 1.76. The van der Waals surface area contributed by atoms with Crippen molar-refractivity contribution in [1.82, 2.24) is 10.3 Å². The minimum atomic E-state index is -0.295. The van der Waals surface area contributed by atoms with Crippen LogP contribution >= 0.6 is 0 Å². The summed E-state index contributed by atoms with van der Waals surface area (Å²) in [4.78, 5) is 4.04. The molecule has 1 aromatic rings. The summed E-state index contributed by atoms with van der Waals surface area (Å²) in [7, 11) is 1.74. The summed E-state index contributed by atoms with van der Waals surface area (Å²) >= 11 is 0. The molecule has 1 aromatic heterocycles. The normalized spacial score (nSPS) is 12.0. The number of hydrogen-bond donors (Lipinski definition) is 1. The summed E-state index contributed by atoms with van der Waals surface area (Å²) < 4.78 is 0. The van der Waals surface area contributed by atoms with Crippen LogP contribution in [0.2, 0.25) is 0 Å². The molecule has 1 heterocycles. The topological polar surface area (TPSA) is 48.7 Å². The molecule has 11 heavy (non-hydrogen) atoms. The van der Waals surface area contributed by atoms with Crippen molar-refractivity contribution in [3.8, 4) is 6.07 Å². The molecule has 3 nitrogen and oxygen atoms in total. The second kappa shape index (κ2) is 3.69. The summed E-state index contributed by atoms with van der Waals surface area (Å²) in [6, 6.07) is 7.32. The van der Waals surface area contributed by atoms with E-state index in [1.807, 2.05) is 18.2 Å². The Morgan fingerprint density at radius 1 is 1.64 bits per heavy atom. The molecule has 0 aromatic carbocycles. The maximum atomic E-state index is 8.63. The molecule has 0 saturated carbocycles. The second-order valence-corrected chi connectivity index (χ2v) is 2.11. The van der Waals surface area contributed by atoms with Crippen LogP contribution in [0.3, 0.4) is 0 Å². The summed E-state index contributed by atoms with van der Waals surface area (Å²) in [5, 5.41) is 11.5. The first kappa shape index (κ1) is 7.70. The zero-order chi connectivity index (χ0) is 8.10. The lowest BCUT2D eigenvalue weighted by molar-refractivity contribution is 0.704. The van der Waals surface area contributed by atoms with Crippen molar-refractivity contribution in [2.75, 3.05) is 7.05 Å². The van der Waals surface area contributed by atoms with Crippen LogP contribution in [0.15, 0.2) is 24.4 Å². The van der Waals surface area contributed by atoms with Crippen LogP contribution in [0.25, 0.3) is 0 Å². The van der Waals surface area contributed by atoms with E-state index in [0.717, 1.165) is 5.69 Å². The van der Waals surface area contributed by atoms with E-state index in [0.29, 0.717) is 0 Å². The van der Waals surface area contributed by atoms with Crippen LogP contribution in [-0.4, -0.2) is 12.0 Å². The van der Waals surface area contributed by atoms with Gasteiger partial charge in [-0.15, -0.1) is 0 Å². The van der Waals surface area contributed by atoms with Gasteiger partial charge in [-0.1, -0.05) is 6.07 Å². The quantitative estimate of drug-likeness (QED) is 0.675. The minimum absolute atomic E-state index is 0.295. The summed E-state index contributed by atoms with van der Waals surface area (Å²) in [6.45, 7) is 0. The standard InChI is InChI=1S/C8H9N3/c1-10-8(6-9)7-4-2-3-5-11-7/h2-5,8,10H,1H3. The highest BCUT2D eigenvalue weighted by Gasteiger charge is 2.06. The van der Waals surface area contributed by atoms with Gasteiger partial charge in [0.05, 0.1) is 11.8 Å². The molecule has 56 valence electrons. The van der Waals surface area contributed by atoms with Crippen molar-refractivity contribution in [1.29, 1.82) is 5.26 Å². The number of nitrogens with one attached hydrogen (secondary N) is 1. The fourth-order valence-electron chi connectivity index (χ4n) is 0.825. The fraction of sp³-hybridized carbons (Fsp3) is 0.250. The van der Waals surface area contributed by atoms with Gasteiger partial charge in [0, 0.05) is 6.20 Å². The third-order valence-electron chi connectivity index (χ3n) is 1.40. The zero-order valence-corrected chi connectivity index (χ0v) is 6.28. The van der Waals surface area contributed by atoms with Gasteiger partial charge < -0.3 is 0 Å². The summed E-state index contributed by atoms with van der Waals surface area (Å²) in [5.41, 5.74) is 0.762. The molecule has 0 fully saturated rings. The Hall–Kier alpha value is -1.40. The molecule has 0 saturated heterocycles. The zero-order valence-electron chi connectivity index (χ0n) is 6.28. The van der Waals surface area contributed by atoms with Crippen molar-refractivity contribution < 1.29 is 0 Å². The molecule has 0 aliphatic heterocycles.